The molecule has 2 rings (SSSR count). The maximum absolute atomic E-state index is 9.05. The molecule has 0 saturated heterocycles. The quantitative estimate of drug-likeness (QED) is 0.793. The minimum absolute atomic E-state index is 0.111. The van der Waals surface area contributed by atoms with Crippen LogP contribution in [-0.4, -0.2) is 12.7 Å². The van der Waals surface area contributed by atoms with E-state index in [0.717, 1.165) is 25.9 Å². The lowest BCUT2D eigenvalue weighted by atomic mass is 9.87. The Kier molecular flexibility index (Phi) is 4.58. The molecule has 1 aromatic carbocycles. The second kappa shape index (κ2) is 6.42. The van der Waals surface area contributed by atoms with Gasteiger partial charge in [0, 0.05) is 0 Å². The number of benzene rings is 1. The molecule has 2 atom stereocenters. The third-order valence-electron chi connectivity index (χ3n) is 3.43. The summed E-state index contributed by atoms with van der Waals surface area (Å²) in [6.07, 6.45) is 5.54. The Morgan fingerprint density at radius 1 is 1.18 bits per heavy atom. The van der Waals surface area contributed by atoms with Crippen molar-refractivity contribution in [1.82, 2.24) is 0 Å². The molecular weight excluding hydrogens is 210 g/mol. The molecule has 90 valence electrons. The van der Waals surface area contributed by atoms with Gasteiger partial charge in [-0.15, -0.1) is 0 Å². The summed E-state index contributed by atoms with van der Waals surface area (Å²) in [7, 11) is 0. The Morgan fingerprint density at radius 3 is 2.71 bits per heavy atom. The monoisotopic (exact) mass is 229 g/mol. The van der Waals surface area contributed by atoms with Crippen LogP contribution in [0, 0.1) is 17.2 Å². The van der Waals surface area contributed by atoms with Gasteiger partial charge in [0.25, 0.3) is 0 Å². The molecule has 0 aliphatic heterocycles. The van der Waals surface area contributed by atoms with E-state index in [1.807, 2.05) is 18.2 Å². The highest BCUT2D eigenvalue weighted by Gasteiger charge is 2.25. The lowest BCUT2D eigenvalue weighted by molar-refractivity contribution is 0.00768. The van der Waals surface area contributed by atoms with Gasteiger partial charge in [0.15, 0.2) is 0 Å². The van der Waals surface area contributed by atoms with Crippen molar-refractivity contribution in [1.29, 1.82) is 5.26 Å². The van der Waals surface area contributed by atoms with Crippen LogP contribution in [0.4, 0.5) is 0 Å². The van der Waals surface area contributed by atoms with Crippen LogP contribution in [0.15, 0.2) is 30.3 Å². The fraction of sp³-hybridized carbons (Fsp3) is 0.533. The first-order valence-electron chi connectivity index (χ1n) is 6.45. The molecule has 0 amide bonds. The zero-order valence-electron chi connectivity index (χ0n) is 10.1. The molecule has 0 N–H and O–H groups in total. The molecule has 2 heteroatoms. The smallest absolute Gasteiger partial charge is 0.0733 e. The Hall–Kier alpha value is -1.33. The first-order chi connectivity index (χ1) is 8.40. The van der Waals surface area contributed by atoms with Crippen LogP contribution in [0.3, 0.4) is 0 Å². The number of hydrogen-bond acceptors (Lipinski definition) is 2. The van der Waals surface area contributed by atoms with Crippen molar-refractivity contribution in [2.75, 3.05) is 6.61 Å². The third-order valence-corrected chi connectivity index (χ3v) is 3.43. The third kappa shape index (κ3) is 3.57. The largest absolute Gasteiger partial charge is 0.377 e. The minimum Gasteiger partial charge on any atom is -0.377 e. The highest BCUT2D eigenvalue weighted by molar-refractivity contribution is 5.14. The predicted molar refractivity (Wildman–Crippen MR) is 67.5 cm³/mol. The maximum atomic E-state index is 9.05. The van der Waals surface area contributed by atoms with E-state index in [-0.39, 0.29) is 12.0 Å². The summed E-state index contributed by atoms with van der Waals surface area (Å²) in [5.41, 5.74) is 1.30. The van der Waals surface area contributed by atoms with Gasteiger partial charge in [-0.3, -0.25) is 0 Å². The number of rotatable bonds is 4. The molecule has 17 heavy (non-hydrogen) atoms. The summed E-state index contributed by atoms with van der Waals surface area (Å²) in [6.45, 7) is 0.729. The average molecular weight is 229 g/mol. The summed E-state index contributed by atoms with van der Waals surface area (Å²) in [4.78, 5) is 0. The molecular formula is C15H19NO. The summed E-state index contributed by atoms with van der Waals surface area (Å²) in [5.74, 6) is 0.111. The number of ether oxygens (including phenoxy) is 1. The lowest BCUT2D eigenvalue weighted by Crippen LogP contribution is -2.27. The molecule has 0 spiro atoms. The minimum atomic E-state index is 0.111. The van der Waals surface area contributed by atoms with Crippen LogP contribution in [0.1, 0.15) is 31.2 Å². The molecule has 0 heterocycles. The molecule has 2 unspecified atom stereocenters. The van der Waals surface area contributed by atoms with Crippen LogP contribution < -0.4 is 0 Å². The fourth-order valence-corrected chi connectivity index (χ4v) is 2.42. The first kappa shape index (κ1) is 12.1. The van der Waals surface area contributed by atoms with Crippen LogP contribution in [0.2, 0.25) is 0 Å². The van der Waals surface area contributed by atoms with Gasteiger partial charge in [-0.05, 0) is 24.8 Å². The van der Waals surface area contributed by atoms with Crippen LogP contribution >= 0.6 is 0 Å². The van der Waals surface area contributed by atoms with E-state index < -0.39 is 0 Å². The van der Waals surface area contributed by atoms with Crippen molar-refractivity contribution < 1.29 is 4.74 Å². The molecule has 2 nitrogen and oxygen atoms in total. The molecule has 1 aliphatic carbocycles. The van der Waals surface area contributed by atoms with Crippen molar-refractivity contribution in [2.24, 2.45) is 5.92 Å². The SMILES string of the molecule is N#CC1CCCCC1OCCc1ccccc1. The topological polar surface area (TPSA) is 33.0 Å². The second-order valence-electron chi connectivity index (χ2n) is 4.66. The zero-order valence-corrected chi connectivity index (χ0v) is 10.1. The van der Waals surface area contributed by atoms with Crippen LogP contribution in [0.5, 0.6) is 0 Å². The van der Waals surface area contributed by atoms with E-state index in [1.165, 1.54) is 18.4 Å². The fourth-order valence-electron chi connectivity index (χ4n) is 2.42. The van der Waals surface area contributed by atoms with Crippen molar-refractivity contribution in [3.8, 4) is 6.07 Å². The van der Waals surface area contributed by atoms with Crippen LogP contribution in [0.25, 0.3) is 0 Å². The van der Waals surface area contributed by atoms with Gasteiger partial charge in [0.05, 0.1) is 24.7 Å². The second-order valence-corrected chi connectivity index (χ2v) is 4.66. The molecule has 0 bridgehead atoms. The Labute approximate surface area is 103 Å². The van der Waals surface area contributed by atoms with Crippen molar-refractivity contribution in [3.63, 3.8) is 0 Å². The summed E-state index contributed by atoms with van der Waals surface area (Å²) in [6, 6.07) is 12.7. The normalized spacial score (nSPS) is 24.2. The highest BCUT2D eigenvalue weighted by atomic mass is 16.5. The van der Waals surface area contributed by atoms with Crippen LogP contribution in [-0.2, 0) is 11.2 Å². The van der Waals surface area contributed by atoms with Gasteiger partial charge in [-0.1, -0.05) is 43.2 Å². The van der Waals surface area contributed by atoms with E-state index >= 15 is 0 Å². The van der Waals surface area contributed by atoms with Gasteiger partial charge in [0.1, 0.15) is 0 Å². The van der Waals surface area contributed by atoms with E-state index in [0.29, 0.717) is 0 Å². The van der Waals surface area contributed by atoms with Crippen molar-refractivity contribution >= 4 is 0 Å². The summed E-state index contributed by atoms with van der Waals surface area (Å²) in [5, 5.41) is 9.05. The molecule has 0 radical (unpaired) electrons. The average Bonchev–Trinajstić information content (AvgIpc) is 2.40. The number of nitriles is 1. The Balaban J connectivity index is 1.76. The molecule has 0 aromatic heterocycles. The maximum Gasteiger partial charge on any atom is 0.0733 e. The highest BCUT2D eigenvalue weighted by Crippen LogP contribution is 2.26. The number of nitrogens with zero attached hydrogens (tertiary/aromatic N) is 1. The summed E-state index contributed by atoms with van der Waals surface area (Å²) >= 11 is 0. The summed E-state index contributed by atoms with van der Waals surface area (Å²) < 4.78 is 5.87. The molecule has 1 aromatic rings. The lowest BCUT2D eigenvalue weighted by Gasteiger charge is -2.26. The van der Waals surface area contributed by atoms with Gasteiger partial charge >= 0.3 is 0 Å². The van der Waals surface area contributed by atoms with Gasteiger partial charge < -0.3 is 4.74 Å². The zero-order chi connectivity index (χ0) is 11.9. The van der Waals surface area contributed by atoms with Crippen molar-refractivity contribution in [2.45, 2.75) is 38.2 Å². The van der Waals surface area contributed by atoms with Gasteiger partial charge in [-0.25, -0.2) is 0 Å². The molecule has 1 saturated carbocycles. The van der Waals surface area contributed by atoms with Gasteiger partial charge in [-0.2, -0.15) is 5.26 Å². The number of hydrogen-bond donors (Lipinski definition) is 0. The first-order valence-corrected chi connectivity index (χ1v) is 6.45. The van der Waals surface area contributed by atoms with E-state index in [4.69, 9.17) is 10.00 Å². The Morgan fingerprint density at radius 2 is 1.94 bits per heavy atom. The van der Waals surface area contributed by atoms with E-state index in [2.05, 4.69) is 18.2 Å². The Bertz CT molecular complexity index is 368. The van der Waals surface area contributed by atoms with Crippen molar-refractivity contribution in [3.05, 3.63) is 35.9 Å². The molecule has 1 aliphatic rings. The van der Waals surface area contributed by atoms with Gasteiger partial charge in [0.2, 0.25) is 0 Å². The van der Waals surface area contributed by atoms with E-state index in [9.17, 15) is 0 Å². The standard InChI is InChI=1S/C15H19NO/c16-12-14-8-4-5-9-15(14)17-11-10-13-6-2-1-3-7-13/h1-3,6-7,14-15H,4-5,8-11H2. The predicted octanol–water partition coefficient (Wildman–Crippen LogP) is 3.33. The van der Waals surface area contributed by atoms with E-state index in [1.54, 1.807) is 0 Å². The molecule has 1 fully saturated rings.